The number of nitrogens with one attached hydrogen (secondary N) is 1. The second kappa shape index (κ2) is 8.00. The van der Waals surface area contributed by atoms with Crippen molar-refractivity contribution in [3.8, 4) is 17.0 Å². The number of amides is 1. The third kappa shape index (κ3) is 3.53. The van der Waals surface area contributed by atoms with Gasteiger partial charge in [-0.3, -0.25) is 4.79 Å². The molecule has 1 aliphatic heterocycles. The van der Waals surface area contributed by atoms with Gasteiger partial charge < -0.3 is 24.8 Å². The Morgan fingerprint density at radius 2 is 1.97 bits per heavy atom. The Balaban J connectivity index is 1.52. The molecule has 0 saturated heterocycles. The highest BCUT2D eigenvalue weighted by Crippen LogP contribution is 2.43. The minimum Gasteiger partial charge on any atom is -0.504 e. The van der Waals surface area contributed by atoms with Gasteiger partial charge in [0.2, 0.25) is 5.76 Å². The molecule has 0 radical (unpaired) electrons. The molecule has 0 spiro atoms. The molecular formula is C24H21ClN2O5. The molecular weight excluding hydrogens is 432 g/mol. The molecule has 32 heavy (non-hydrogen) atoms. The van der Waals surface area contributed by atoms with E-state index < -0.39 is 5.91 Å². The predicted octanol–water partition coefficient (Wildman–Crippen LogP) is 5.01. The van der Waals surface area contributed by atoms with Gasteiger partial charge in [-0.05, 0) is 54.1 Å². The normalized spacial score (nSPS) is 21.0. The number of aromatic nitrogens is 1. The van der Waals surface area contributed by atoms with E-state index >= 15 is 0 Å². The summed E-state index contributed by atoms with van der Waals surface area (Å²) in [5.41, 5.74) is 3.92. The number of fused-ring (bicyclic) bond motifs is 1. The van der Waals surface area contributed by atoms with Gasteiger partial charge in [0, 0.05) is 11.1 Å². The van der Waals surface area contributed by atoms with Crippen molar-refractivity contribution < 1.29 is 24.3 Å². The average molecular weight is 453 g/mol. The molecule has 7 nitrogen and oxygen atoms in total. The molecule has 1 aromatic heterocycles. The van der Waals surface area contributed by atoms with Crippen LogP contribution in [-0.2, 0) is 4.79 Å². The third-order valence-corrected chi connectivity index (χ3v) is 6.22. The molecule has 2 aliphatic rings. The monoisotopic (exact) mass is 452 g/mol. The smallest absolute Gasteiger partial charge is 0.260 e. The molecule has 1 fully saturated rings. The van der Waals surface area contributed by atoms with Crippen molar-refractivity contribution in [1.82, 2.24) is 5.16 Å². The molecule has 2 heterocycles. The van der Waals surface area contributed by atoms with Gasteiger partial charge in [-0.25, -0.2) is 0 Å². The van der Waals surface area contributed by atoms with Crippen LogP contribution in [0.1, 0.15) is 42.6 Å². The van der Waals surface area contributed by atoms with Crippen LogP contribution in [0.4, 0.5) is 5.69 Å². The topological polar surface area (TPSA) is 105 Å². The van der Waals surface area contributed by atoms with Crippen LogP contribution in [0.5, 0.6) is 5.88 Å². The van der Waals surface area contributed by atoms with Gasteiger partial charge in [-0.15, -0.1) is 0 Å². The number of carbonyl (C=O) groups is 1. The first-order chi connectivity index (χ1) is 15.4. The quantitative estimate of drug-likeness (QED) is 0.371. The summed E-state index contributed by atoms with van der Waals surface area (Å²) in [6, 6.07) is 12.9. The van der Waals surface area contributed by atoms with Crippen molar-refractivity contribution in [3.63, 3.8) is 0 Å². The second-order valence-corrected chi connectivity index (χ2v) is 8.37. The van der Waals surface area contributed by atoms with Crippen molar-refractivity contribution in [1.29, 1.82) is 0 Å². The van der Waals surface area contributed by atoms with E-state index in [0.29, 0.717) is 28.8 Å². The zero-order valence-corrected chi connectivity index (χ0v) is 18.0. The number of aliphatic hydroxyl groups excluding tert-OH is 2. The molecule has 5 rings (SSSR count). The number of aliphatic hydroxyl groups is 2. The Morgan fingerprint density at radius 1 is 1.22 bits per heavy atom. The van der Waals surface area contributed by atoms with Crippen molar-refractivity contribution >= 4 is 34.5 Å². The van der Waals surface area contributed by atoms with Crippen LogP contribution in [0.2, 0.25) is 5.02 Å². The van der Waals surface area contributed by atoms with E-state index in [1.165, 1.54) is 11.6 Å². The Bertz CT molecular complexity index is 1230. The Hall–Kier alpha value is -3.29. The highest BCUT2D eigenvalue weighted by Gasteiger charge is 2.32. The molecule has 1 aliphatic carbocycles. The van der Waals surface area contributed by atoms with Gasteiger partial charge >= 0.3 is 0 Å². The number of hydrogen-bond donors (Lipinski definition) is 3. The summed E-state index contributed by atoms with van der Waals surface area (Å²) in [4.78, 5) is 12.6. The zero-order chi connectivity index (χ0) is 22.4. The first-order valence-electron chi connectivity index (χ1n) is 10.4. The standard InChI is InChI=1S/C24H21ClN2O5/c1-2-31-21-11-20(32-27-21)23(29)22-17-9-16(18(25)10-19(17)26-24(22)30)13-5-3-12(4-6-13)14-7-15(28)8-14/h3-6,9-11,14-15,28-29H,2,7-8H2,1H3,(H,26,30). The van der Waals surface area contributed by atoms with Crippen molar-refractivity contribution in [2.45, 2.75) is 31.8 Å². The minimum atomic E-state index is -0.459. The van der Waals surface area contributed by atoms with Crippen molar-refractivity contribution in [2.75, 3.05) is 11.9 Å². The second-order valence-electron chi connectivity index (χ2n) is 7.96. The van der Waals surface area contributed by atoms with Gasteiger partial charge in [0.15, 0.2) is 5.76 Å². The molecule has 1 amide bonds. The van der Waals surface area contributed by atoms with Crippen LogP contribution in [0.25, 0.3) is 22.5 Å². The number of benzene rings is 2. The molecule has 1 saturated carbocycles. The fourth-order valence-corrected chi connectivity index (χ4v) is 4.42. The number of nitrogens with zero attached hydrogens (tertiary/aromatic N) is 1. The van der Waals surface area contributed by atoms with Crippen LogP contribution < -0.4 is 10.1 Å². The lowest BCUT2D eigenvalue weighted by Gasteiger charge is -2.31. The first-order valence-corrected chi connectivity index (χ1v) is 10.8. The minimum absolute atomic E-state index is 0.0370. The largest absolute Gasteiger partial charge is 0.504 e. The summed E-state index contributed by atoms with van der Waals surface area (Å²) >= 11 is 6.52. The zero-order valence-electron chi connectivity index (χ0n) is 17.3. The average Bonchev–Trinajstić information content (AvgIpc) is 3.34. The number of ether oxygens (including phenoxy) is 1. The van der Waals surface area contributed by atoms with Crippen molar-refractivity contribution in [3.05, 3.63) is 64.4 Å². The third-order valence-electron chi connectivity index (χ3n) is 5.91. The summed E-state index contributed by atoms with van der Waals surface area (Å²) in [6.45, 7) is 2.20. The Labute approximate surface area is 189 Å². The van der Waals surface area contributed by atoms with Crippen LogP contribution in [0.15, 0.2) is 47.0 Å². The van der Waals surface area contributed by atoms with Crippen LogP contribution in [0.3, 0.4) is 0 Å². The molecule has 164 valence electrons. The van der Waals surface area contributed by atoms with E-state index in [0.717, 1.165) is 24.0 Å². The first kappa shape index (κ1) is 20.6. The van der Waals surface area contributed by atoms with Crippen molar-refractivity contribution in [2.24, 2.45) is 0 Å². The van der Waals surface area contributed by atoms with Crippen LogP contribution in [0, 0.1) is 0 Å². The van der Waals surface area contributed by atoms with E-state index in [1.54, 1.807) is 19.1 Å². The lowest BCUT2D eigenvalue weighted by Crippen LogP contribution is -2.26. The lowest BCUT2D eigenvalue weighted by molar-refractivity contribution is -0.110. The molecule has 0 unspecified atom stereocenters. The maximum atomic E-state index is 12.6. The molecule has 0 atom stereocenters. The maximum absolute atomic E-state index is 12.6. The predicted molar refractivity (Wildman–Crippen MR) is 121 cm³/mol. The van der Waals surface area contributed by atoms with E-state index in [2.05, 4.69) is 10.5 Å². The van der Waals surface area contributed by atoms with Gasteiger partial charge in [0.25, 0.3) is 11.8 Å². The number of anilines is 1. The van der Waals surface area contributed by atoms with Crippen LogP contribution >= 0.6 is 11.6 Å². The van der Waals surface area contributed by atoms with Crippen LogP contribution in [-0.4, -0.2) is 34.0 Å². The number of carbonyl (C=O) groups excluding carboxylic acids is 1. The van der Waals surface area contributed by atoms with E-state index in [1.807, 2.05) is 24.3 Å². The van der Waals surface area contributed by atoms with E-state index in [4.69, 9.17) is 20.9 Å². The van der Waals surface area contributed by atoms with Gasteiger partial charge in [-0.2, -0.15) is 0 Å². The fourth-order valence-electron chi connectivity index (χ4n) is 4.15. The molecule has 0 bridgehead atoms. The Morgan fingerprint density at radius 3 is 2.66 bits per heavy atom. The van der Waals surface area contributed by atoms with Gasteiger partial charge in [-0.1, -0.05) is 35.9 Å². The SMILES string of the molecule is CCOc1cc(C(O)=C2C(=O)Nc3cc(Cl)c(-c4ccc(C5CC(O)C5)cc4)cc32)on1. The molecule has 2 aromatic carbocycles. The Kier molecular flexibility index (Phi) is 5.15. The van der Waals surface area contributed by atoms with Gasteiger partial charge in [0.05, 0.1) is 35.1 Å². The summed E-state index contributed by atoms with van der Waals surface area (Å²) < 4.78 is 10.4. The number of halogens is 1. The van der Waals surface area contributed by atoms with E-state index in [9.17, 15) is 15.0 Å². The summed E-state index contributed by atoms with van der Waals surface area (Å²) in [5.74, 6) is -0.142. The van der Waals surface area contributed by atoms with E-state index in [-0.39, 0.29) is 29.1 Å². The summed E-state index contributed by atoms with van der Waals surface area (Å²) in [5, 5.41) is 27.3. The fraction of sp³-hybridized carbons (Fsp3) is 0.250. The highest BCUT2D eigenvalue weighted by molar-refractivity contribution is 6.38. The number of rotatable bonds is 5. The lowest BCUT2D eigenvalue weighted by atomic mass is 9.77. The highest BCUT2D eigenvalue weighted by atomic mass is 35.5. The molecule has 3 N–H and O–H groups in total. The molecule has 8 heteroatoms. The number of hydrogen-bond acceptors (Lipinski definition) is 6. The maximum Gasteiger partial charge on any atom is 0.260 e. The summed E-state index contributed by atoms with van der Waals surface area (Å²) in [6.07, 6.45) is 1.36. The van der Waals surface area contributed by atoms with Gasteiger partial charge in [0.1, 0.15) is 0 Å². The molecule has 3 aromatic rings. The summed E-state index contributed by atoms with van der Waals surface area (Å²) in [7, 11) is 0.